The van der Waals surface area contributed by atoms with Crippen LogP contribution in [0.25, 0.3) is 0 Å². The number of carbonyl (C=O) groups is 2. The van der Waals surface area contributed by atoms with Gasteiger partial charge in [-0.2, -0.15) is 0 Å². The third-order valence-electron chi connectivity index (χ3n) is 6.58. The van der Waals surface area contributed by atoms with Crippen molar-refractivity contribution in [2.24, 2.45) is 5.10 Å². The highest BCUT2D eigenvalue weighted by molar-refractivity contribution is 6.01. The predicted octanol–water partition coefficient (Wildman–Crippen LogP) is 6.26. The van der Waals surface area contributed by atoms with Gasteiger partial charge >= 0.3 is 12.2 Å². The van der Waals surface area contributed by atoms with Crippen LogP contribution in [0.4, 0.5) is 9.59 Å². The SMILES string of the molecule is C=CCC(CNN=C(NC(=O)OCc1ccccc1)NC(=O)OCc1ccccc1)(c1ccccc1)c1ccccc1. The van der Waals surface area contributed by atoms with Gasteiger partial charge in [0.05, 0.1) is 0 Å². The van der Waals surface area contributed by atoms with Crippen LogP contribution in [0.2, 0.25) is 0 Å². The Labute approximate surface area is 246 Å². The number of nitrogens with zero attached hydrogens (tertiary/aromatic N) is 1. The van der Waals surface area contributed by atoms with Crippen LogP contribution in [-0.4, -0.2) is 24.7 Å². The minimum absolute atomic E-state index is 0.0519. The molecular formula is C34H34N4O4. The van der Waals surface area contributed by atoms with E-state index in [1.165, 1.54) is 0 Å². The van der Waals surface area contributed by atoms with E-state index in [9.17, 15) is 9.59 Å². The molecule has 8 heteroatoms. The van der Waals surface area contributed by atoms with Gasteiger partial charge in [-0.25, -0.2) is 9.59 Å². The summed E-state index contributed by atoms with van der Waals surface area (Å²) in [6, 6.07) is 38.6. The van der Waals surface area contributed by atoms with Gasteiger partial charge in [-0.05, 0) is 28.7 Å². The lowest BCUT2D eigenvalue weighted by molar-refractivity contribution is 0.141. The number of guanidine groups is 1. The maximum Gasteiger partial charge on any atom is 0.414 e. The quantitative estimate of drug-likeness (QED) is 0.0867. The molecule has 4 rings (SSSR count). The van der Waals surface area contributed by atoms with Gasteiger partial charge in [-0.1, -0.05) is 127 Å². The number of ether oxygens (including phenoxy) is 2. The van der Waals surface area contributed by atoms with Crippen molar-refractivity contribution in [2.75, 3.05) is 6.54 Å². The Morgan fingerprint density at radius 3 is 1.48 bits per heavy atom. The van der Waals surface area contributed by atoms with E-state index in [1.807, 2.05) is 103 Å². The van der Waals surface area contributed by atoms with Crippen LogP contribution < -0.4 is 16.1 Å². The number of amides is 2. The molecule has 0 fully saturated rings. The summed E-state index contributed by atoms with van der Waals surface area (Å²) in [5.41, 5.74) is 6.30. The third kappa shape index (κ3) is 8.56. The second-order valence-corrected chi connectivity index (χ2v) is 9.48. The molecule has 0 aliphatic carbocycles. The van der Waals surface area contributed by atoms with Crippen LogP contribution in [0.1, 0.15) is 28.7 Å². The van der Waals surface area contributed by atoms with Gasteiger partial charge in [-0.15, -0.1) is 11.7 Å². The van der Waals surface area contributed by atoms with Crippen molar-refractivity contribution in [1.82, 2.24) is 16.1 Å². The molecule has 0 aromatic heterocycles. The largest absolute Gasteiger partial charge is 0.444 e. The van der Waals surface area contributed by atoms with Gasteiger partial charge in [-0.3, -0.25) is 10.6 Å². The Morgan fingerprint density at radius 1 is 0.667 bits per heavy atom. The molecule has 0 unspecified atom stereocenters. The highest BCUT2D eigenvalue weighted by Gasteiger charge is 2.33. The molecule has 4 aromatic carbocycles. The van der Waals surface area contributed by atoms with Crippen molar-refractivity contribution < 1.29 is 19.1 Å². The van der Waals surface area contributed by atoms with Gasteiger partial charge in [0, 0.05) is 12.0 Å². The first-order valence-corrected chi connectivity index (χ1v) is 13.6. The molecule has 0 aliphatic heterocycles. The summed E-state index contributed by atoms with van der Waals surface area (Å²) >= 11 is 0. The lowest BCUT2D eigenvalue weighted by Gasteiger charge is -2.34. The van der Waals surface area contributed by atoms with Crippen molar-refractivity contribution in [3.63, 3.8) is 0 Å². The minimum atomic E-state index is -0.786. The molecule has 214 valence electrons. The second-order valence-electron chi connectivity index (χ2n) is 9.48. The molecule has 3 N–H and O–H groups in total. The fourth-order valence-electron chi connectivity index (χ4n) is 4.49. The number of hydrogen-bond acceptors (Lipinski definition) is 6. The molecule has 0 heterocycles. The smallest absolute Gasteiger partial charge is 0.414 e. The zero-order valence-corrected chi connectivity index (χ0v) is 23.2. The van der Waals surface area contributed by atoms with E-state index in [1.54, 1.807) is 0 Å². The van der Waals surface area contributed by atoms with Crippen LogP contribution >= 0.6 is 0 Å². The molecule has 2 amide bonds. The normalized spacial score (nSPS) is 10.6. The predicted molar refractivity (Wildman–Crippen MR) is 163 cm³/mol. The number of rotatable bonds is 11. The summed E-state index contributed by atoms with van der Waals surface area (Å²) in [5, 5.41) is 9.36. The van der Waals surface area contributed by atoms with Gasteiger partial charge in [0.25, 0.3) is 0 Å². The minimum Gasteiger partial charge on any atom is -0.444 e. The van der Waals surface area contributed by atoms with Crippen LogP contribution in [0.15, 0.2) is 139 Å². The van der Waals surface area contributed by atoms with Crippen molar-refractivity contribution in [1.29, 1.82) is 0 Å². The Kier molecular flexibility index (Phi) is 10.9. The van der Waals surface area contributed by atoms with Crippen LogP contribution in [-0.2, 0) is 28.1 Å². The van der Waals surface area contributed by atoms with Crippen molar-refractivity contribution >= 4 is 18.1 Å². The second kappa shape index (κ2) is 15.4. The van der Waals surface area contributed by atoms with Crippen LogP contribution in [0.3, 0.4) is 0 Å². The Hall–Kier alpha value is -5.37. The first-order valence-electron chi connectivity index (χ1n) is 13.6. The number of allylic oxidation sites excluding steroid dienone is 1. The molecule has 4 aromatic rings. The molecule has 0 saturated heterocycles. The van der Waals surface area contributed by atoms with E-state index in [0.717, 1.165) is 22.3 Å². The van der Waals surface area contributed by atoms with Gasteiger partial charge in [0.1, 0.15) is 13.2 Å². The van der Waals surface area contributed by atoms with Gasteiger partial charge < -0.3 is 14.9 Å². The summed E-state index contributed by atoms with van der Waals surface area (Å²) in [6.07, 6.45) is 0.903. The zero-order valence-electron chi connectivity index (χ0n) is 23.2. The number of alkyl carbamates (subject to hydrolysis) is 2. The highest BCUT2D eigenvalue weighted by Crippen LogP contribution is 2.35. The summed E-state index contributed by atoms with van der Waals surface area (Å²) in [4.78, 5) is 25.3. The Bertz CT molecular complexity index is 1350. The molecule has 0 radical (unpaired) electrons. The summed E-state index contributed by atoms with van der Waals surface area (Å²) < 4.78 is 10.7. The van der Waals surface area contributed by atoms with E-state index < -0.39 is 17.6 Å². The molecule has 0 spiro atoms. The molecule has 8 nitrogen and oxygen atoms in total. The molecule has 0 aliphatic rings. The number of nitrogens with one attached hydrogen (secondary N) is 3. The Morgan fingerprint density at radius 2 is 1.07 bits per heavy atom. The monoisotopic (exact) mass is 562 g/mol. The summed E-state index contributed by atoms with van der Waals surface area (Å²) in [6.45, 7) is 4.43. The summed E-state index contributed by atoms with van der Waals surface area (Å²) in [5.74, 6) is -0.167. The third-order valence-corrected chi connectivity index (χ3v) is 6.58. The first kappa shape index (κ1) is 29.6. The number of benzene rings is 4. The average Bonchev–Trinajstić information content (AvgIpc) is 3.04. The standard InChI is InChI=1S/C34H34N4O4/c1-2-23-34(29-19-11-5-12-20-29,30-21-13-6-14-22-30)26-35-38-31(36-32(39)41-24-27-15-7-3-8-16-27)37-33(40)42-25-28-17-9-4-10-18-28/h2-22,35H,1,23-26H2,(H2,36,37,38,39,40). The topological polar surface area (TPSA) is 101 Å². The highest BCUT2D eigenvalue weighted by atomic mass is 16.6. The Balaban J connectivity index is 1.52. The van der Waals surface area contributed by atoms with E-state index in [-0.39, 0.29) is 19.2 Å². The van der Waals surface area contributed by atoms with Crippen LogP contribution in [0.5, 0.6) is 0 Å². The molecule has 0 bridgehead atoms. The average molecular weight is 563 g/mol. The number of hydrazone groups is 1. The van der Waals surface area contributed by atoms with Crippen molar-refractivity contribution in [3.8, 4) is 0 Å². The van der Waals surface area contributed by atoms with Crippen molar-refractivity contribution in [3.05, 3.63) is 156 Å². The number of hydrogen-bond donors (Lipinski definition) is 3. The van der Waals surface area contributed by atoms with Gasteiger partial charge in [0.2, 0.25) is 5.96 Å². The fraction of sp³-hybridized carbons (Fsp3) is 0.147. The number of carbonyl (C=O) groups excluding carboxylic acids is 2. The maximum atomic E-state index is 12.6. The van der Waals surface area contributed by atoms with E-state index in [0.29, 0.717) is 13.0 Å². The fourth-order valence-corrected chi connectivity index (χ4v) is 4.49. The molecular weight excluding hydrogens is 528 g/mol. The summed E-state index contributed by atoms with van der Waals surface area (Å²) in [7, 11) is 0. The first-order chi connectivity index (χ1) is 20.6. The lowest BCUT2D eigenvalue weighted by Crippen LogP contribution is -2.46. The zero-order chi connectivity index (χ0) is 29.5. The molecule has 42 heavy (non-hydrogen) atoms. The van der Waals surface area contributed by atoms with Crippen LogP contribution in [0, 0.1) is 0 Å². The lowest BCUT2D eigenvalue weighted by atomic mass is 9.72. The van der Waals surface area contributed by atoms with E-state index in [4.69, 9.17) is 9.47 Å². The maximum absolute atomic E-state index is 12.6. The van der Waals surface area contributed by atoms with E-state index in [2.05, 4.69) is 52.0 Å². The van der Waals surface area contributed by atoms with Crippen molar-refractivity contribution in [2.45, 2.75) is 25.0 Å². The van der Waals surface area contributed by atoms with Gasteiger partial charge in [0.15, 0.2) is 0 Å². The van der Waals surface area contributed by atoms with E-state index >= 15 is 0 Å². The molecule has 0 saturated carbocycles. The molecule has 0 atom stereocenters.